The predicted molar refractivity (Wildman–Crippen MR) is 82.0 cm³/mol. The fourth-order valence-corrected chi connectivity index (χ4v) is 2.85. The Balaban J connectivity index is 2.08. The second-order valence-corrected chi connectivity index (χ2v) is 5.98. The summed E-state index contributed by atoms with van der Waals surface area (Å²) in [4.78, 5) is 14.5. The third kappa shape index (κ3) is 3.42. The van der Waals surface area contributed by atoms with Gasteiger partial charge >= 0.3 is 0 Å². The van der Waals surface area contributed by atoms with Crippen LogP contribution in [-0.2, 0) is 0 Å². The molecule has 1 aliphatic heterocycles. The van der Waals surface area contributed by atoms with Crippen LogP contribution >= 0.6 is 0 Å². The number of hydrogen-bond acceptors (Lipinski definition) is 2. The first kappa shape index (κ1) is 15.1. The minimum atomic E-state index is 0.147. The summed E-state index contributed by atoms with van der Waals surface area (Å²) < 4.78 is 2.18. The zero-order chi connectivity index (χ0) is 14.5. The van der Waals surface area contributed by atoms with Crippen molar-refractivity contribution >= 4 is 5.91 Å². The molecule has 0 saturated carbocycles. The molecule has 20 heavy (non-hydrogen) atoms. The zero-order valence-electron chi connectivity index (χ0n) is 12.9. The first-order valence-corrected chi connectivity index (χ1v) is 7.76. The second-order valence-electron chi connectivity index (χ2n) is 5.98. The molecule has 4 heteroatoms. The Morgan fingerprint density at radius 2 is 2.20 bits per heavy atom. The van der Waals surface area contributed by atoms with Crippen LogP contribution in [0.2, 0.25) is 0 Å². The van der Waals surface area contributed by atoms with Crippen molar-refractivity contribution in [1.29, 1.82) is 0 Å². The molecule has 2 heterocycles. The van der Waals surface area contributed by atoms with Gasteiger partial charge in [-0.25, -0.2) is 0 Å². The van der Waals surface area contributed by atoms with Gasteiger partial charge in [0, 0.05) is 25.8 Å². The lowest BCUT2D eigenvalue weighted by Gasteiger charge is -2.27. The van der Waals surface area contributed by atoms with Crippen molar-refractivity contribution in [3.05, 3.63) is 24.0 Å². The second kappa shape index (κ2) is 6.93. The number of carbonyl (C=O) groups is 1. The van der Waals surface area contributed by atoms with Crippen LogP contribution in [-0.4, -0.2) is 42.1 Å². The number of nitrogens with one attached hydrogen (secondary N) is 1. The van der Waals surface area contributed by atoms with Crippen molar-refractivity contribution in [3.63, 3.8) is 0 Å². The van der Waals surface area contributed by atoms with E-state index in [0.29, 0.717) is 12.0 Å². The monoisotopic (exact) mass is 277 g/mol. The average Bonchev–Trinajstić information content (AvgIpc) is 2.96. The normalized spacial score (nSPS) is 17.9. The van der Waals surface area contributed by atoms with Gasteiger partial charge in [0.05, 0.1) is 0 Å². The Hall–Kier alpha value is -1.29. The minimum absolute atomic E-state index is 0.147. The molecule has 1 aromatic rings. The molecule has 1 fully saturated rings. The lowest BCUT2D eigenvalue weighted by Crippen LogP contribution is -2.35. The van der Waals surface area contributed by atoms with Crippen molar-refractivity contribution in [2.24, 2.45) is 5.92 Å². The van der Waals surface area contributed by atoms with Gasteiger partial charge in [0.15, 0.2) is 0 Å². The van der Waals surface area contributed by atoms with E-state index < -0.39 is 0 Å². The van der Waals surface area contributed by atoms with E-state index in [1.165, 1.54) is 0 Å². The highest BCUT2D eigenvalue weighted by Gasteiger charge is 2.22. The summed E-state index contributed by atoms with van der Waals surface area (Å²) in [7, 11) is 1.91. The largest absolute Gasteiger partial charge is 0.340 e. The van der Waals surface area contributed by atoms with Gasteiger partial charge in [-0.1, -0.05) is 20.3 Å². The molecule has 1 amide bonds. The number of aromatic nitrogens is 1. The third-order valence-electron chi connectivity index (χ3n) is 4.33. The first-order valence-electron chi connectivity index (χ1n) is 7.76. The molecule has 1 aromatic heterocycles. The summed E-state index contributed by atoms with van der Waals surface area (Å²) in [6, 6.07) is 4.41. The molecule has 0 aromatic carbocycles. The molecule has 1 saturated heterocycles. The van der Waals surface area contributed by atoms with Crippen LogP contribution in [0.4, 0.5) is 0 Å². The lowest BCUT2D eigenvalue weighted by atomic mass is 10.1. The number of carbonyl (C=O) groups excluding carboxylic acids is 1. The Kier molecular flexibility index (Phi) is 5.24. The van der Waals surface area contributed by atoms with Crippen LogP contribution < -0.4 is 5.32 Å². The summed E-state index contributed by atoms with van der Waals surface area (Å²) in [6.07, 6.45) is 5.36. The topological polar surface area (TPSA) is 37.3 Å². The van der Waals surface area contributed by atoms with Crippen LogP contribution in [0.1, 0.15) is 49.6 Å². The molecule has 0 bridgehead atoms. The van der Waals surface area contributed by atoms with E-state index in [-0.39, 0.29) is 5.91 Å². The van der Waals surface area contributed by atoms with E-state index in [1.54, 1.807) is 0 Å². The van der Waals surface area contributed by atoms with Crippen LogP contribution in [0.5, 0.6) is 0 Å². The smallest absolute Gasteiger partial charge is 0.270 e. The highest BCUT2D eigenvalue weighted by Crippen LogP contribution is 2.22. The van der Waals surface area contributed by atoms with Gasteiger partial charge in [-0.2, -0.15) is 0 Å². The van der Waals surface area contributed by atoms with E-state index >= 15 is 0 Å². The molecule has 1 atom stereocenters. The van der Waals surface area contributed by atoms with E-state index in [0.717, 1.165) is 44.6 Å². The summed E-state index contributed by atoms with van der Waals surface area (Å²) in [5.74, 6) is 0.695. The van der Waals surface area contributed by atoms with E-state index in [2.05, 4.69) is 29.9 Å². The molecular weight excluding hydrogens is 250 g/mol. The van der Waals surface area contributed by atoms with Gasteiger partial charge in [0.2, 0.25) is 0 Å². The molecule has 2 rings (SSSR count). The quantitative estimate of drug-likeness (QED) is 0.898. The van der Waals surface area contributed by atoms with Crippen LogP contribution in [0, 0.1) is 5.92 Å². The molecule has 0 aliphatic carbocycles. The Morgan fingerprint density at radius 1 is 1.50 bits per heavy atom. The molecule has 0 radical (unpaired) electrons. The first-order chi connectivity index (χ1) is 9.63. The molecule has 1 N–H and O–H groups in total. The van der Waals surface area contributed by atoms with Crippen molar-refractivity contribution < 1.29 is 4.79 Å². The van der Waals surface area contributed by atoms with Gasteiger partial charge in [0.1, 0.15) is 5.69 Å². The maximum Gasteiger partial charge on any atom is 0.270 e. The zero-order valence-corrected chi connectivity index (χ0v) is 12.9. The fraction of sp³-hybridized carbons (Fsp3) is 0.688. The summed E-state index contributed by atoms with van der Waals surface area (Å²) >= 11 is 0. The van der Waals surface area contributed by atoms with Crippen molar-refractivity contribution in [3.8, 4) is 0 Å². The molecule has 4 nitrogen and oxygen atoms in total. The van der Waals surface area contributed by atoms with Crippen molar-refractivity contribution in [2.75, 3.05) is 26.7 Å². The highest BCUT2D eigenvalue weighted by molar-refractivity contribution is 5.92. The van der Waals surface area contributed by atoms with Gasteiger partial charge in [-0.15, -0.1) is 0 Å². The molecule has 112 valence electrons. The van der Waals surface area contributed by atoms with Gasteiger partial charge in [-0.05, 0) is 44.0 Å². The minimum Gasteiger partial charge on any atom is -0.340 e. The van der Waals surface area contributed by atoms with Gasteiger partial charge in [-0.3, -0.25) is 4.79 Å². The van der Waals surface area contributed by atoms with Crippen molar-refractivity contribution in [2.45, 2.75) is 39.2 Å². The van der Waals surface area contributed by atoms with Crippen LogP contribution in [0.15, 0.2) is 18.3 Å². The lowest BCUT2D eigenvalue weighted by molar-refractivity contribution is 0.0760. The van der Waals surface area contributed by atoms with E-state index in [1.807, 2.05) is 24.1 Å². The summed E-state index contributed by atoms with van der Waals surface area (Å²) in [5, 5.41) is 3.37. The number of nitrogens with zero attached hydrogens (tertiary/aromatic N) is 2. The number of hydrogen-bond donors (Lipinski definition) is 1. The standard InChI is InChI=1S/C16H27N3O/c1-4-13(2)12-18(3)16(20)15-6-5-11-19(15)14-7-9-17-10-8-14/h5-6,11,13-14,17H,4,7-10,12H2,1-3H3. The number of amides is 1. The third-order valence-corrected chi connectivity index (χ3v) is 4.33. The maximum atomic E-state index is 12.6. The Morgan fingerprint density at radius 3 is 2.85 bits per heavy atom. The number of rotatable bonds is 5. The fourth-order valence-electron chi connectivity index (χ4n) is 2.85. The predicted octanol–water partition coefficient (Wildman–Crippen LogP) is 2.53. The van der Waals surface area contributed by atoms with Crippen LogP contribution in [0.25, 0.3) is 0 Å². The summed E-state index contributed by atoms with van der Waals surface area (Å²) in [5.41, 5.74) is 0.836. The van der Waals surface area contributed by atoms with E-state index in [9.17, 15) is 4.79 Å². The molecular formula is C16H27N3O. The Labute approximate surface area is 122 Å². The molecule has 1 unspecified atom stereocenters. The van der Waals surface area contributed by atoms with Crippen LogP contribution in [0.3, 0.4) is 0 Å². The highest BCUT2D eigenvalue weighted by atomic mass is 16.2. The molecule has 1 aliphatic rings. The Bertz CT molecular complexity index is 435. The maximum absolute atomic E-state index is 12.6. The average molecular weight is 277 g/mol. The SMILES string of the molecule is CCC(C)CN(C)C(=O)c1cccn1C1CCNCC1. The van der Waals surface area contributed by atoms with Crippen molar-refractivity contribution in [1.82, 2.24) is 14.8 Å². The summed E-state index contributed by atoms with van der Waals surface area (Å²) in [6.45, 7) is 7.27. The van der Waals surface area contributed by atoms with Gasteiger partial charge in [0.25, 0.3) is 5.91 Å². The molecule has 0 spiro atoms. The van der Waals surface area contributed by atoms with Gasteiger partial charge < -0.3 is 14.8 Å². The van der Waals surface area contributed by atoms with E-state index in [4.69, 9.17) is 0 Å². The number of piperidine rings is 1.